The number of hydrogen-bond acceptors (Lipinski definition) is 1. The molecule has 1 heterocycles. The number of benzene rings is 6. The zero-order valence-corrected chi connectivity index (χ0v) is 30.3. The van der Waals surface area contributed by atoms with E-state index in [1.807, 2.05) is 63.3 Å². The highest BCUT2D eigenvalue weighted by Crippen LogP contribution is 2.37. The van der Waals surface area contributed by atoms with E-state index in [1.165, 1.54) is 49.7 Å². The maximum Gasteiger partial charge on any atom is 0.153 e. The molecule has 0 N–H and O–H groups in total. The molecule has 0 unspecified atom stereocenters. The van der Waals surface area contributed by atoms with Crippen molar-refractivity contribution in [1.82, 2.24) is 0 Å². The van der Waals surface area contributed by atoms with Crippen LogP contribution in [0.15, 0.2) is 150 Å². The van der Waals surface area contributed by atoms with Gasteiger partial charge in [-0.2, -0.15) is 0 Å². The van der Waals surface area contributed by atoms with Crippen molar-refractivity contribution in [1.29, 1.82) is 0 Å². The van der Waals surface area contributed by atoms with Crippen LogP contribution in [0.25, 0.3) is 55.0 Å². The Labute approximate surface area is 292 Å². The summed E-state index contributed by atoms with van der Waals surface area (Å²) in [4.78, 5) is 0. The van der Waals surface area contributed by atoms with Crippen LogP contribution < -0.4 is 0 Å². The van der Waals surface area contributed by atoms with Gasteiger partial charge in [0.25, 0.3) is 0 Å². The summed E-state index contributed by atoms with van der Waals surface area (Å²) >= 11 is 6.34. The van der Waals surface area contributed by atoms with Crippen LogP contribution >= 0.6 is 11.6 Å². The number of allylic oxidation sites excluding steroid dienone is 4. The molecule has 0 radical (unpaired) electrons. The van der Waals surface area contributed by atoms with Crippen molar-refractivity contribution >= 4 is 44.3 Å². The molecule has 0 saturated heterocycles. The molecule has 1 aromatic heterocycles. The molecule has 7 rings (SSSR count). The molecule has 2 heteroatoms. The van der Waals surface area contributed by atoms with Gasteiger partial charge in [0.1, 0.15) is 5.58 Å². The molecule has 48 heavy (non-hydrogen) atoms. The van der Waals surface area contributed by atoms with Crippen LogP contribution in [0.4, 0.5) is 0 Å². The van der Waals surface area contributed by atoms with E-state index in [9.17, 15) is 0 Å². The van der Waals surface area contributed by atoms with Gasteiger partial charge in [0.05, 0.1) is 5.02 Å². The third-order valence-corrected chi connectivity index (χ3v) is 8.25. The Balaban J connectivity index is 0.000000270. The van der Waals surface area contributed by atoms with Crippen LogP contribution in [0.2, 0.25) is 5.02 Å². The number of halogens is 1. The minimum Gasteiger partial charge on any atom is -0.454 e. The van der Waals surface area contributed by atoms with Crippen LogP contribution in [-0.2, 0) is 0 Å². The molecule has 1 nitrogen and oxygen atoms in total. The van der Waals surface area contributed by atoms with Gasteiger partial charge in [-0.15, -0.1) is 0 Å². The fraction of sp³-hybridized carbons (Fsp3) is 0.174. The highest BCUT2D eigenvalue weighted by molar-refractivity contribution is 6.35. The van der Waals surface area contributed by atoms with E-state index in [0.717, 1.165) is 27.5 Å². The lowest BCUT2D eigenvalue weighted by atomic mass is 9.91. The predicted octanol–water partition coefficient (Wildman–Crippen LogP) is 14.9. The number of para-hydroxylation sites is 1. The summed E-state index contributed by atoms with van der Waals surface area (Å²) in [5.74, 6) is 0. The van der Waals surface area contributed by atoms with Gasteiger partial charge in [-0.25, -0.2) is 0 Å². The Hall–Kier alpha value is -4.85. The average molecular weight is 651 g/mol. The standard InChI is InChI=1S/C30H21ClO.C7H8.C7H12.C2H6/c1-18-14-22(10-12-24(18)27-16-21-7-4-3-6-20(21)15-19(27)2)23-11-13-25-26-8-5-9-28(31)30(26)32-29(25)17-23;1-7-5-3-2-4-6-7;1-4-5-6-7(2)3;1-2/h3-17H,1-2H3;2-6H,1H3;4-6H,1-3H3;1-2H3/b;;5-4-;. The summed E-state index contributed by atoms with van der Waals surface area (Å²) < 4.78 is 6.09. The number of rotatable bonds is 3. The van der Waals surface area contributed by atoms with E-state index in [4.69, 9.17) is 16.0 Å². The van der Waals surface area contributed by atoms with Crippen LogP contribution in [-0.4, -0.2) is 0 Å². The zero-order valence-electron chi connectivity index (χ0n) is 29.6. The molecule has 7 aromatic rings. The predicted molar refractivity (Wildman–Crippen MR) is 213 cm³/mol. The summed E-state index contributed by atoms with van der Waals surface area (Å²) in [6.45, 7) is 16.6. The lowest BCUT2D eigenvalue weighted by Crippen LogP contribution is -1.89. The van der Waals surface area contributed by atoms with Crippen molar-refractivity contribution in [2.75, 3.05) is 0 Å². The molecule has 0 aliphatic rings. The summed E-state index contributed by atoms with van der Waals surface area (Å²) in [5, 5.41) is 5.34. The van der Waals surface area contributed by atoms with Gasteiger partial charge in [-0.05, 0) is 110 Å². The normalized spacial score (nSPS) is 10.5. The minimum absolute atomic E-state index is 0.645. The van der Waals surface area contributed by atoms with Gasteiger partial charge in [0.2, 0.25) is 0 Å². The Morgan fingerprint density at radius 2 is 1.23 bits per heavy atom. The molecule has 0 aliphatic carbocycles. The Morgan fingerprint density at radius 1 is 0.604 bits per heavy atom. The molecular weight excluding hydrogens is 604 g/mol. The maximum absolute atomic E-state index is 6.34. The second-order valence-electron chi connectivity index (χ2n) is 11.9. The fourth-order valence-electron chi connectivity index (χ4n) is 5.56. The van der Waals surface area contributed by atoms with E-state index in [-0.39, 0.29) is 0 Å². The fourth-order valence-corrected chi connectivity index (χ4v) is 5.77. The Kier molecular flexibility index (Phi) is 13.0. The lowest BCUT2D eigenvalue weighted by Gasteiger charge is -2.13. The first-order valence-electron chi connectivity index (χ1n) is 16.7. The van der Waals surface area contributed by atoms with Gasteiger partial charge < -0.3 is 4.42 Å². The van der Waals surface area contributed by atoms with Crippen LogP contribution in [0.3, 0.4) is 0 Å². The van der Waals surface area contributed by atoms with Crippen molar-refractivity contribution in [3.05, 3.63) is 167 Å². The van der Waals surface area contributed by atoms with Gasteiger partial charge >= 0.3 is 0 Å². The third kappa shape index (κ3) is 8.94. The monoisotopic (exact) mass is 650 g/mol. The van der Waals surface area contributed by atoms with Gasteiger partial charge in [0.15, 0.2) is 5.58 Å². The van der Waals surface area contributed by atoms with E-state index < -0.39 is 0 Å². The third-order valence-electron chi connectivity index (χ3n) is 7.96. The molecule has 0 amide bonds. The van der Waals surface area contributed by atoms with Gasteiger partial charge in [0, 0.05) is 10.8 Å². The van der Waals surface area contributed by atoms with Gasteiger partial charge in [-0.1, -0.05) is 152 Å². The van der Waals surface area contributed by atoms with Crippen molar-refractivity contribution < 1.29 is 4.42 Å². The number of hydrogen-bond donors (Lipinski definition) is 0. The first-order valence-corrected chi connectivity index (χ1v) is 17.1. The van der Waals surface area contributed by atoms with Crippen molar-refractivity contribution in [3.8, 4) is 22.3 Å². The topological polar surface area (TPSA) is 13.1 Å². The molecular formula is C46H47ClO. The molecule has 0 spiro atoms. The van der Waals surface area contributed by atoms with Crippen LogP contribution in [0.1, 0.15) is 51.3 Å². The zero-order chi connectivity index (χ0) is 34.6. The lowest BCUT2D eigenvalue weighted by molar-refractivity contribution is 0.669. The van der Waals surface area contributed by atoms with Crippen molar-refractivity contribution in [3.63, 3.8) is 0 Å². The summed E-state index contributed by atoms with van der Waals surface area (Å²) in [7, 11) is 0. The number of fused-ring (bicyclic) bond motifs is 4. The SMILES string of the molecule is C/C=C\C=C(C)C.CC.Cc1cc(-c2ccc3c(c2)oc2c(Cl)cccc23)ccc1-c1cc2ccccc2cc1C.Cc1ccccc1. The molecule has 0 bridgehead atoms. The molecule has 244 valence electrons. The maximum atomic E-state index is 6.34. The molecule has 0 aliphatic heterocycles. The average Bonchev–Trinajstić information content (AvgIpc) is 3.48. The first kappa shape index (κ1) is 36.0. The molecule has 0 saturated carbocycles. The number of aryl methyl sites for hydroxylation is 3. The smallest absolute Gasteiger partial charge is 0.153 e. The van der Waals surface area contributed by atoms with Crippen molar-refractivity contribution in [2.45, 2.75) is 55.4 Å². The first-order chi connectivity index (χ1) is 23.2. The van der Waals surface area contributed by atoms with E-state index in [0.29, 0.717) is 5.02 Å². The number of furan rings is 1. The molecule has 0 atom stereocenters. The highest BCUT2D eigenvalue weighted by Gasteiger charge is 2.12. The summed E-state index contributed by atoms with van der Waals surface area (Å²) in [6.07, 6.45) is 6.14. The molecule has 0 fully saturated rings. The largest absolute Gasteiger partial charge is 0.454 e. The second kappa shape index (κ2) is 17.3. The highest BCUT2D eigenvalue weighted by atomic mass is 35.5. The van der Waals surface area contributed by atoms with E-state index >= 15 is 0 Å². The van der Waals surface area contributed by atoms with Crippen molar-refractivity contribution in [2.24, 2.45) is 0 Å². The Bertz CT molecular complexity index is 2160. The molecule has 6 aromatic carbocycles. The summed E-state index contributed by atoms with van der Waals surface area (Å²) in [5.41, 5.74) is 11.7. The quantitative estimate of drug-likeness (QED) is 0.173. The second-order valence-corrected chi connectivity index (χ2v) is 12.3. The van der Waals surface area contributed by atoms with Crippen LogP contribution in [0.5, 0.6) is 0 Å². The van der Waals surface area contributed by atoms with E-state index in [1.54, 1.807) is 0 Å². The van der Waals surface area contributed by atoms with Gasteiger partial charge in [-0.3, -0.25) is 0 Å². The van der Waals surface area contributed by atoms with Crippen LogP contribution in [0, 0.1) is 20.8 Å². The van der Waals surface area contributed by atoms with E-state index in [2.05, 4.69) is 132 Å². The minimum atomic E-state index is 0.645. The summed E-state index contributed by atoms with van der Waals surface area (Å²) in [6, 6.07) is 42.4. The Morgan fingerprint density at radius 3 is 1.83 bits per heavy atom.